The SMILES string of the molecule is NCC(NC(=O)Cc1csc(Cc2ccccc2)n1)C1CC1. The van der Waals surface area contributed by atoms with E-state index < -0.39 is 0 Å². The Hall–Kier alpha value is -1.72. The Balaban J connectivity index is 1.53. The lowest BCUT2D eigenvalue weighted by Gasteiger charge is -2.15. The molecule has 0 bridgehead atoms. The molecule has 0 aliphatic heterocycles. The number of benzene rings is 1. The van der Waals surface area contributed by atoms with Crippen molar-refractivity contribution >= 4 is 17.2 Å². The van der Waals surface area contributed by atoms with E-state index in [1.54, 1.807) is 11.3 Å². The largest absolute Gasteiger partial charge is 0.351 e. The molecule has 1 aromatic carbocycles. The summed E-state index contributed by atoms with van der Waals surface area (Å²) in [6, 6.07) is 10.4. The molecule has 116 valence electrons. The van der Waals surface area contributed by atoms with Crippen LogP contribution in [-0.2, 0) is 17.6 Å². The highest BCUT2D eigenvalue weighted by Gasteiger charge is 2.31. The summed E-state index contributed by atoms with van der Waals surface area (Å²) in [6.45, 7) is 0.521. The first-order valence-electron chi connectivity index (χ1n) is 7.71. The van der Waals surface area contributed by atoms with Crippen LogP contribution in [0.15, 0.2) is 35.7 Å². The summed E-state index contributed by atoms with van der Waals surface area (Å²) in [6.07, 6.45) is 3.52. The first-order valence-corrected chi connectivity index (χ1v) is 8.59. The van der Waals surface area contributed by atoms with E-state index in [0.29, 0.717) is 18.9 Å². The van der Waals surface area contributed by atoms with Crippen molar-refractivity contribution < 1.29 is 4.79 Å². The molecule has 2 aromatic rings. The molecule has 0 saturated heterocycles. The molecule has 3 N–H and O–H groups in total. The van der Waals surface area contributed by atoms with Crippen LogP contribution in [0.1, 0.15) is 29.1 Å². The van der Waals surface area contributed by atoms with Gasteiger partial charge < -0.3 is 11.1 Å². The van der Waals surface area contributed by atoms with Gasteiger partial charge >= 0.3 is 0 Å². The van der Waals surface area contributed by atoms with Gasteiger partial charge in [-0.25, -0.2) is 4.98 Å². The molecule has 1 saturated carbocycles. The standard InChI is InChI=1S/C17H21N3OS/c18-10-15(13-6-7-13)20-16(21)9-14-11-22-17(19-14)8-12-4-2-1-3-5-12/h1-5,11,13,15H,6-10,18H2,(H,20,21). The lowest BCUT2D eigenvalue weighted by molar-refractivity contribution is -0.121. The van der Waals surface area contributed by atoms with Crippen LogP contribution >= 0.6 is 11.3 Å². The maximum atomic E-state index is 12.1. The minimum absolute atomic E-state index is 0.0268. The van der Waals surface area contributed by atoms with Gasteiger partial charge in [0.1, 0.15) is 0 Å². The molecule has 5 heteroatoms. The minimum Gasteiger partial charge on any atom is -0.351 e. The van der Waals surface area contributed by atoms with Crippen molar-refractivity contribution in [1.82, 2.24) is 10.3 Å². The summed E-state index contributed by atoms with van der Waals surface area (Å²) in [5.74, 6) is 0.608. The van der Waals surface area contributed by atoms with Crippen molar-refractivity contribution in [3.8, 4) is 0 Å². The second-order valence-corrected chi connectivity index (χ2v) is 6.76. The quantitative estimate of drug-likeness (QED) is 0.822. The zero-order valence-corrected chi connectivity index (χ0v) is 13.3. The number of carbonyl (C=O) groups is 1. The lowest BCUT2D eigenvalue weighted by Crippen LogP contribution is -2.42. The molecule has 1 fully saturated rings. The third-order valence-corrected chi connectivity index (χ3v) is 4.83. The van der Waals surface area contributed by atoms with Crippen LogP contribution in [0.3, 0.4) is 0 Å². The predicted molar refractivity (Wildman–Crippen MR) is 88.8 cm³/mol. The fourth-order valence-corrected chi connectivity index (χ4v) is 3.40. The molecule has 1 unspecified atom stereocenters. The molecular weight excluding hydrogens is 294 g/mol. The summed E-state index contributed by atoms with van der Waals surface area (Å²) in [4.78, 5) is 16.6. The highest BCUT2D eigenvalue weighted by atomic mass is 32.1. The maximum Gasteiger partial charge on any atom is 0.226 e. The number of rotatable bonds is 7. The van der Waals surface area contributed by atoms with Crippen LogP contribution in [0.5, 0.6) is 0 Å². The van der Waals surface area contributed by atoms with Gasteiger partial charge in [-0.3, -0.25) is 4.79 Å². The minimum atomic E-state index is 0.0268. The summed E-state index contributed by atoms with van der Waals surface area (Å²) in [5.41, 5.74) is 7.80. The van der Waals surface area contributed by atoms with E-state index in [-0.39, 0.29) is 11.9 Å². The number of nitrogens with zero attached hydrogens (tertiary/aromatic N) is 1. The average Bonchev–Trinajstić information content (AvgIpc) is 3.28. The Morgan fingerprint density at radius 1 is 1.36 bits per heavy atom. The van der Waals surface area contributed by atoms with Crippen LogP contribution in [0.2, 0.25) is 0 Å². The van der Waals surface area contributed by atoms with Gasteiger partial charge in [-0.15, -0.1) is 11.3 Å². The number of carbonyl (C=O) groups excluding carboxylic acids is 1. The van der Waals surface area contributed by atoms with Crippen LogP contribution < -0.4 is 11.1 Å². The summed E-state index contributed by atoms with van der Waals surface area (Å²) < 4.78 is 0. The Bertz CT molecular complexity index is 622. The molecule has 3 rings (SSSR count). The molecule has 1 amide bonds. The van der Waals surface area contributed by atoms with Crippen LogP contribution in [-0.4, -0.2) is 23.5 Å². The second-order valence-electron chi connectivity index (χ2n) is 5.82. The fourth-order valence-electron chi connectivity index (χ4n) is 2.57. The molecule has 1 heterocycles. The van der Waals surface area contributed by atoms with Crippen molar-refractivity contribution in [1.29, 1.82) is 0 Å². The van der Waals surface area contributed by atoms with Crippen molar-refractivity contribution in [3.05, 3.63) is 52.0 Å². The number of hydrogen-bond acceptors (Lipinski definition) is 4. The molecule has 0 spiro atoms. The van der Waals surface area contributed by atoms with Gasteiger partial charge in [-0.1, -0.05) is 30.3 Å². The van der Waals surface area contributed by atoms with Gasteiger partial charge in [0.05, 0.1) is 17.1 Å². The van der Waals surface area contributed by atoms with E-state index in [2.05, 4.69) is 22.4 Å². The summed E-state index contributed by atoms with van der Waals surface area (Å²) in [5, 5.41) is 6.06. The first kappa shape index (κ1) is 15.2. The molecule has 1 aliphatic rings. The number of amides is 1. The Morgan fingerprint density at radius 2 is 2.14 bits per heavy atom. The number of nitrogens with two attached hydrogens (primary N) is 1. The van der Waals surface area contributed by atoms with E-state index in [1.807, 2.05) is 23.6 Å². The fraction of sp³-hybridized carbons (Fsp3) is 0.412. The lowest BCUT2D eigenvalue weighted by atomic mass is 10.1. The van der Waals surface area contributed by atoms with Gasteiger partial charge in [0.2, 0.25) is 5.91 Å². The third-order valence-electron chi connectivity index (χ3n) is 3.93. The number of nitrogens with one attached hydrogen (secondary N) is 1. The molecule has 1 aliphatic carbocycles. The van der Waals surface area contributed by atoms with Crippen LogP contribution in [0.25, 0.3) is 0 Å². The smallest absolute Gasteiger partial charge is 0.226 e. The third kappa shape index (κ3) is 4.15. The molecular formula is C17H21N3OS. The second kappa shape index (κ2) is 7.03. The van der Waals surface area contributed by atoms with E-state index in [4.69, 9.17) is 5.73 Å². The molecule has 0 radical (unpaired) electrons. The maximum absolute atomic E-state index is 12.1. The van der Waals surface area contributed by atoms with Crippen LogP contribution in [0.4, 0.5) is 0 Å². The molecule has 1 aromatic heterocycles. The van der Waals surface area contributed by atoms with E-state index in [0.717, 1.165) is 17.1 Å². The topological polar surface area (TPSA) is 68.0 Å². The first-order chi connectivity index (χ1) is 10.7. The monoisotopic (exact) mass is 315 g/mol. The normalized spacial score (nSPS) is 15.5. The molecule has 22 heavy (non-hydrogen) atoms. The number of hydrogen-bond donors (Lipinski definition) is 2. The Morgan fingerprint density at radius 3 is 2.82 bits per heavy atom. The van der Waals surface area contributed by atoms with Crippen LogP contribution in [0, 0.1) is 5.92 Å². The van der Waals surface area contributed by atoms with E-state index in [9.17, 15) is 4.79 Å². The van der Waals surface area contributed by atoms with Crippen molar-refractivity contribution in [2.24, 2.45) is 11.7 Å². The highest BCUT2D eigenvalue weighted by Crippen LogP contribution is 2.32. The Labute approximate surface area is 134 Å². The number of thiazole rings is 1. The molecule has 4 nitrogen and oxygen atoms in total. The van der Waals surface area contributed by atoms with Gasteiger partial charge in [-0.05, 0) is 24.3 Å². The summed E-state index contributed by atoms with van der Waals surface area (Å²) >= 11 is 1.61. The average molecular weight is 315 g/mol. The van der Waals surface area contributed by atoms with Crippen molar-refractivity contribution in [3.63, 3.8) is 0 Å². The Kier molecular flexibility index (Phi) is 4.85. The zero-order chi connectivity index (χ0) is 15.4. The summed E-state index contributed by atoms with van der Waals surface area (Å²) in [7, 11) is 0. The van der Waals surface area contributed by atoms with Crippen molar-refractivity contribution in [2.75, 3.05) is 6.54 Å². The van der Waals surface area contributed by atoms with Gasteiger partial charge in [0, 0.05) is 24.4 Å². The van der Waals surface area contributed by atoms with E-state index >= 15 is 0 Å². The number of aromatic nitrogens is 1. The molecule has 1 atom stereocenters. The zero-order valence-electron chi connectivity index (χ0n) is 12.5. The van der Waals surface area contributed by atoms with E-state index in [1.165, 1.54) is 18.4 Å². The van der Waals surface area contributed by atoms with Gasteiger partial charge in [-0.2, -0.15) is 0 Å². The highest BCUT2D eigenvalue weighted by molar-refractivity contribution is 7.09. The van der Waals surface area contributed by atoms with Gasteiger partial charge in [0.15, 0.2) is 0 Å². The van der Waals surface area contributed by atoms with Gasteiger partial charge in [0.25, 0.3) is 0 Å². The predicted octanol–water partition coefficient (Wildman–Crippen LogP) is 2.13. The van der Waals surface area contributed by atoms with Crippen molar-refractivity contribution in [2.45, 2.75) is 31.7 Å².